The molecule has 134 valence electrons. The van der Waals surface area contributed by atoms with E-state index < -0.39 is 6.10 Å². The van der Waals surface area contributed by atoms with Gasteiger partial charge in [-0.15, -0.1) is 5.10 Å². The van der Waals surface area contributed by atoms with Gasteiger partial charge in [-0.25, -0.2) is 4.68 Å². The average Bonchev–Trinajstić information content (AvgIpc) is 2.69. The summed E-state index contributed by atoms with van der Waals surface area (Å²) in [6, 6.07) is 15.3. The summed E-state index contributed by atoms with van der Waals surface area (Å²) in [5.41, 5.74) is 2.82. The summed E-state index contributed by atoms with van der Waals surface area (Å²) in [4.78, 5) is 12.4. The number of fused-ring (bicyclic) bond motifs is 2. The number of rotatable bonds is 5. The van der Waals surface area contributed by atoms with Crippen LogP contribution < -0.4 is 5.56 Å². The van der Waals surface area contributed by atoms with E-state index in [1.54, 1.807) is 18.2 Å². The van der Waals surface area contributed by atoms with E-state index in [0.29, 0.717) is 10.9 Å². The molecule has 0 amide bonds. The van der Waals surface area contributed by atoms with Crippen molar-refractivity contribution in [2.75, 3.05) is 6.61 Å². The molecule has 3 aromatic rings. The van der Waals surface area contributed by atoms with Crippen molar-refractivity contribution in [1.82, 2.24) is 15.0 Å². The van der Waals surface area contributed by atoms with E-state index in [-0.39, 0.29) is 24.8 Å². The van der Waals surface area contributed by atoms with Gasteiger partial charge < -0.3 is 9.84 Å². The molecule has 0 saturated heterocycles. The van der Waals surface area contributed by atoms with Gasteiger partial charge in [-0.1, -0.05) is 41.6 Å². The van der Waals surface area contributed by atoms with E-state index >= 15 is 0 Å². The molecule has 4 rings (SSSR count). The Labute approximate surface area is 151 Å². The SMILES string of the molecule is O=c1c2ccccc2nnn1C[C@H](O)CO[C@H]1CCCc2ccccc21. The first-order valence-corrected chi connectivity index (χ1v) is 8.92. The van der Waals surface area contributed by atoms with Crippen molar-refractivity contribution in [3.8, 4) is 0 Å². The molecule has 0 bridgehead atoms. The highest BCUT2D eigenvalue weighted by Gasteiger charge is 2.21. The van der Waals surface area contributed by atoms with Crippen molar-refractivity contribution in [2.24, 2.45) is 0 Å². The molecule has 2 aromatic carbocycles. The first-order valence-electron chi connectivity index (χ1n) is 8.92. The molecule has 6 nitrogen and oxygen atoms in total. The first-order chi connectivity index (χ1) is 12.7. The first kappa shape index (κ1) is 16.9. The lowest BCUT2D eigenvalue weighted by Crippen LogP contribution is -2.32. The van der Waals surface area contributed by atoms with Crippen LogP contribution in [0.2, 0.25) is 0 Å². The molecule has 2 atom stereocenters. The van der Waals surface area contributed by atoms with Crippen LogP contribution in [-0.4, -0.2) is 32.8 Å². The molecule has 0 fully saturated rings. The summed E-state index contributed by atoms with van der Waals surface area (Å²) in [5.74, 6) is 0. The third kappa shape index (κ3) is 3.38. The summed E-state index contributed by atoms with van der Waals surface area (Å²) in [6.07, 6.45) is 2.26. The van der Waals surface area contributed by atoms with Crippen LogP contribution >= 0.6 is 0 Å². The fraction of sp³-hybridized carbons (Fsp3) is 0.350. The van der Waals surface area contributed by atoms with Gasteiger partial charge in [0, 0.05) is 0 Å². The van der Waals surface area contributed by atoms with E-state index in [9.17, 15) is 9.90 Å². The summed E-state index contributed by atoms with van der Waals surface area (Å²) in [7, 11) is 0. The van der Waals surface area contributed by atoms with Gasteiger partial charge in [0.1, 0.15) is 5.52 Å². The number of ether oxygens (including phenoxy) is 1. The minimum absolute atomic E-state index is 0.00555. The Morgan fingerprint density at radius 3 is 2.92 bits per heavy atom. The van der Waals surface area contributed by atoms with Gasteiger partial charge in [-0.05, 0) is 42.5 Å². The molecule has 1 aromatic heterocycles. The van der Waals surface area contributed by atoms with Crippen molar-refractivity contribution >= 4 is 10.9 Å². The lowest BCUT2D eigenvalue weighted by Gasteiger charge is -2.26. The summed E-state index contributed by atoms with van der Waals surface area (Å²) >= 11 is 0. The van der Waals surface area contributed by atoms with Crippen LogP contribution in [0.25, 0.3) is 10.9 Å². The van der Waals surface area contributed by atoms with Gasteiger partial charge in [0.05, 0.1) is 30.7 Å². The Balaban J connectivity index is 1.43. The number of aliphatic hydroxyl groups excluding tert-OH is 1. The number of aliphatic hydroxyl groups is 1. The van der Waals surface area contributed by atoms with E-state index in [1.165, 1.54) is 15.8 Å². The second-order valence-electron chi connectivity index (χ2n) is 6.66. The lowest BCUT2D eigenvalue weighted by atomic mass is 9.89. The van der Waals surface area contributed by atoms with Gasteiger partial charge in [0.25, 0.3) is 5.56 Å². The van der Waals surface area contributed by atoms with Gasteiger partial charge in [0.15, 0.2) is 0 Å². The molecule has 1 aliphatic carbocycles. The maximum atomic E-state index is 12.4. The monoisotopic (exact) mass is 351 g/mol. The quantitative estimate of drug-likeness (QED) is 0.763. The highest BCUT2D eigenvalue weighted by Crippen LogP contribution is 2.32. The lowest BCUT2D eigenvalue weighted by molar-refractivity contribution is -0.0241. The molecule has 0 unspecified atom stereocenters. The van der Waals surface area contributed by atoms with Crippen molar-refractivity contribution in [2.45, 2.75) is 38.0 Å². The number of benzene rings is 2. The van der Waals surface area contributed by atoms with E-state index in [4.69, 9.17) is 4.74 Å². The van der Waals surface area contributed by atoms with Crippen molar-refractivity contribution in [3.05, 3.63) is 70.0 Å². The molecule has 0 radical (unpaired) electrons. The number of hydrogen-bond donors (Lipinski definition) is 1. The molecule has 26 heavy (non-hydrogen) atoms. The molecule has 1 aliphatic rings. The summed E-state index contributed by atoms with van der Waals surface area (Å²) < 4.78 is 7.16. The number of hydrogen-bond acceptors (Lipinski definition) is 5. The average molecular weight is 351 g/mol. The largest absolute Gasteiger partial charge is 0.389 e. The normalized spacial score (nSPS) is 17.8. The minimum atomic E-state index is -0.822. The topological polar surface area (TPSA) is 77.2 Å². The third-order valence-corrected chi connectivity index (χ3v) is 4.82. The summed E-state index contributed by atoms with van der Waals surface area (Å²) in [6.45, 7) is 0.213. The second kappa shape index (κ2) is 7.35. The standard InChI is InChI=1S/C20H21N3O3/c24-15(12-23-20(25)17-9-3-4-10-18(17)21-22-23)13-26-19-11-5-7-14-6-1-2-8-16(14)19/h1-4,6,8-10,15,19,24H,5,7,11-13H2/t15-,19-/m0/s1. The third-order valence-electron chi connectivity index (χ3n) is 4.82. The number of nitrogens with zero attached hydrogens (tertiary/aromatic N) is 3. The van der Waals surface area contributed by atoms with Crippen LogP contribution in [0.1, 0.15) is 30.1 Å². The Hall–Kier alpha value is -2.57. The predicted octanol–water partition coefficient (Wildman–Crippen LogP) is 2.25. The fourth-order valence-corrected chi connectivity index (χ4v) is 3.50. The Morgan fingerprint density at radius 2 is 2.00 bits per heavy atom. The Bertz CT molecular complexity index is 970. The highest BCUT2D eigenvalue weighted by atomic mass is 16.5. The number of aryl methyl sites for hydroxylation is 1. The Morgan fingerprint density at radius 1 is 1.19 bits per heavy atom. The minimum Gasteiger partial charge on any atom is -0.389 e. The zero-order valence-corrected chi connectivity index (χ0v) is 14.4. The van der Waals surface area contributed by atoms with Crippen LogP contribution in [0.4, 0.5) is 0 Å². The molecular weight excluding hydrogens is 330 g/mol. The highest BCUT2D eigenvalue weighted by molar-refractivity contribution is 5.76. The molecule has 0 saturated carbocycles. The maximum Gasteiger partial charge on any atom is 0.277 e. The van der Waals surface area contributed by atoms with Crippen LogP contribution in [0.3, 0.4) is 0 Å². The zero-order chi connectivity index (χ0) is 17.9. The number of aromatic nitrogens is 3. The van der Waals surface area contributed by atoms with Crippen molar-refractivity contribution < 1.29 is 9.84 Å². The molecule has 0 spiro atoms. The second-order valence-corrected chi connectivity index (χ2v) is 6.66. The smallest absolute Gasteiger partial charge is 0.277 e. The van der Waals surface area contributed by atoms with Gasteiger partial charge >= 0.3 is 0 Å². The van der Waals surface area contributed by atoms with Crippen LogP contribution in [-0.2, 0) is 17.7 Å². The van der Waals surface area contributed by atoms with Crippen LogP contribution in [0.5, 0.6) is 0 Å². The van der Waals surface area contributed by atoms with Crippen molar-refractivity contribution in [3.63, 3.8) is 0 Å². The predicted molar refractivity (Wildman–Crippen MR) is 97.9 cm³/mol. The molecule has 6 heteroatoms. The fourth-order valence-electron chi connectivity index (χ4n) is 3.50. The molecule has 1 N–H and O–H groups in total. The molecular formula is C20H21N3O3. The maximum absolute atomic E-state index is 12.4. The van der Waals surface area contributed by atoms with Gasteiger partial charge in [-0.2, -0.15) is 0 Å². The zero-order valence-electron chi connectivity index (χ0n) is 14.4. The van der Waals surface area contributed by atoms with Gasteiger partial charge in [-0.3, -0.25) is 4.79 Å². The van der Waals surface area contributed by atoms with Crippen LogP contribution in [0, 0.1) is 0 Å². The van der Waals surface area contributed by atoms with Crippen LogP contribution in [0.15, 0.2) is 53.3 Å². The Kier molecular flexibility index (Phi) is 4.77. The summed E-state index contributed by atoms with van der Waals surface area (Å²) in [5, 5.41) is 18.8. The molecule has 1 heterocycles. The molecule has 0 aliphatic heterocycles. The van der Waals surface area contributed by atoms with E-state index in [1.807, 2.05) is 18.2 Å². The van der Waals surface area contributed by atoms with E-state index in [2.05, 4.69) is 22.4 Å². The van der Waals surface area contributed by atoms with E-state index in [0.717, 1.165) is 19.3 Å². The van der Waals surface area contributed by atoms with Crippen molar-refractivity contribution in [1.29, 1.82) is 0 Å². The van der Waals surface area contributed by atoms with Gasteiger partial charge in [0.2, 0.25) is 0 Å².